The number of hydroxylamine groups is 1. The minimum absolute atomic E-state index is 0.0182. The summed E-state index contributed by atoms with van der Waals surface area (Å²) in [6.07, 6.45) is 0.180. The van der Waals surface area contributed by atoms with Crippen molar-refractivity contribution < 1.29 is 33.9 Å². The Morgan fingerprint density at radius 1 is 1.32 bits per heavy atom. The molecule has 0 aromatic heterocycles. The maximum Gasteiger partial charge on any atom is 0.273 e. The Morgan fingerprint density at radius 3 is 2.61 bits per heavy atom. The first-order valence-electron chi connectivity index (χ1n) is 8.56. The van der Waals surface area contributed by atoms with Crippen molar-refractivity contribution in [2.45, 2.75) is 26.3 Å². The molecule has 3 N–H and O–H groups in total. The molecule has 0 saturated carbocycles. The number of ether oxygens (including phenoxy) is 3. The summed E-state index contributed by atoms with van der Waals surface area (Å²) in [5.41, 5.74) is 1.45. The van der Waals surface area contributed by atoms with Crippen molar-refractivity contribution in [2.75, 3.05) is 27.1 Å². The smallest absolute Gasteiger partial charge is 0.273 e. The molecule has 0 spiro atoms. The van der Waals surface area contributed by atoms with E-state index < -0.39 is 28.7 Å². The second kappa shape index (κ2) is 11.8. The van der Waals surface area contributed by atoms with Gasteiger partial charge in [0.1, 0.15) is 12.5 Å². The van der Waals surface area contributed by atoms with Crippen molar-refractivity contribution in [3.05, 3.63) is 33.9 Å². The average molecular weight is 399 g/mol. The topological polar surface area (TPSA) is 149 Å². The zero-order chi connectivity index (χ0) is 21.1. The summed E-state index contributed by atoms with van der Waals surface area (Å²) in [5, 5.41) is 22.3. The molecule has 0 radical (unpaired) electrons. The molecule has 1 aromatic rings. The van der Waals surface area contributed by atoms with Crippen LogP contribution < -0.4 is 15.5 Å². The van der Waals surface area contributed by atoms with E-state index >= 15 is 0 Å². The number of methoxy groups -OCH3 is 1. The molecule has 11 nitrogen and oxygen atoms in total. The zero-order valence-corrected chi connectivity index (χ0v) is 16.0. The van der Waals surface area contributed by atoms with Gasteiger partial charge in [-0.15, -0.1) is 0 Å². The fourth-order valence-electron chi connectivity index (χ4n) is 2.39. The SMILES string of the molecule is CCOCOC[C@H](C[C@H](C)C(=O)NO)NC(=O)c1ccc([N+](=O)[O-])cc1OC. The highest BCUT2D eigenvalue weighted by Crippen LogP contribution is 2.24. The summed E-state index contributed by atoms with van der Waals surface area (Å²) in [6.45, 7) is 3.92. The molecule has 0 aliphatic rings. The monoisotopic (exact) mass is 399 g/mol. The minimum atomic E-state index is -0.607. The van der Waals surface area contributed by atoms with Crippen molar-refractivity contribution >= 4 is 17.5 Å². The Morgan fingerprint density at radius 2 is 2.04 bits per heavy atom. The van der Waals surface area contributed by atoms with Gasteiger partial charge in [-0.3, -0.25) is 24.9 Å². The van der Waals surface area contributed by atoms with Gasteiger partial charge in [0, 0.05) is 18.6 Å². The number of nitro groups is 1. The van der Waals surface area contributed by atoms with Gasteiger partial charge in [-0.25, -0.2) is 5.48 Å². The lowest BCUT2D eigenvalue weighted by molar-refractivity contribution is -0.384. The van der Waals surface area contributed by atoms with E-state index in [0.717, 1.165) is 6.07 Å². The van der Waals surface area contributed by atoms with Gasteiger partial charge < -0.3 is 19.5 Å². The second-order valence-corrected chi connectivity index (χ2v) is 5.91. The van der Waals surface area contributed by atoms with E-state index in [1.807, 2.05) is 0 Å². The highest BCUT2D eigenvalue weighted by atomic mass is 16.7. The molecule has 0 bridgehead atoms. The van der Waals surface area contributed by atoms with Gasteiger partial charge in [0.15, 0.2) is 0 Å². The third kappa shape index (κ3) is 7.10. The number of carbonyl (C=O) groups excluding carboxylic acids is 2. The molecule has 0 fully saturated rings. The number of nitro benzene ring substituents is 1. The molecule has 1 aromatic carbocycles. The van der Waals surface area contributed by atoms with Gasteiger partial charge in [-0.1, -0.05) is 6.92 Å². The zero-order valence-electron chi connectivity index (χ0n) is 16.0. The van der Waals surface area contributed by atoms with E-state index in [4.69, 9.17) is 19.4 Å². The summed E-state index contributed by atoms with van der Waals surface area (Å²) in [6, 6.07) is 3.05. The van der Waals surface area contributed by atoms with Crippen molar-refractivity contribution in [1.82, 2.24) is 10.8 Å². The molecule has 28 heavy (non-hydrogen) atoms. The predicted octanol–water partition coefficient (Wildman–Crippen LogP) is 1.24. The molecule has 2 amide bonds. The number of rotatable bonds is 12. The Labute approximate surface area is 162 Å². The summed E-state index contributed by atoms with van der Waals surface area (Å²) in [5.74, 6) is -1.71. The molecule has 0 heterocycles. The van der Waals surface area contributed by atoms with Crippen molar-refractivity contribution in [1.29, 1.82) is 0 Å². The Hall–Kier alpha value is -2.76. The first-order valence-corrected chi connectivity index (χ1v) is 8.56. The van der Waals surface area contributed by atoms with Gasteiger partial charge in [0.05, 0.1) is 36.3 Å². The van der Waals surface area contributed by atoms with Crippen molar-refractivity contribution in [3.63, 3.8) is 0 Å². The second-order valence-electron chi connectivity index (χ2n) is 5.91. The van der Waals surface area contributed by atoms with E-state index in [-0.39, 0.29) is 36.8 Å². The summed E-state index contributed by atoms with van der Waals surface area (Å²) in [7, 11) is 1.30. The first kappa shape index (κ1) is 23.3. The lowest BCUT2D eigenvalue weighted by atomic mass is 10.0. The Balaban J connectivity index is 2.91. The molecule has 0 unspecified atom stereocenters. The maximum atomic E-state index is 12.6. The molecule has 1 rings (SSSR count). The quantitative estimate of drug-likeness (QED) is 0.156. The van der Waals surface area contributed by atoms with Gasteiger partial charge in [-0.05, 0) is 19.4 Å². The number of hydrogen-bond acceptors (Lipinski definition) is 8. The highest BCUT2D eigenvalue weighted by Gasteiger charge is 2.23. The fourth-order valence-corrected chi connectivity index (χ4v) is 2.39. The number of amides is 2. The van der Waals surface area contributed by atoms with Crippen LogP contribution in [-0.4, -0.2) is 55.1 Å². The molecular weight excluding hydrogens is 374 g/mol. The van der Waals surface area contributed by atoms with Crippen LogP contribution in [0.5, 0.6) is 5.75 Å². The van der Waals surface area contributed by atoms with E-state index in [1.165, 1.54) is 19.2 Å². The lowest BCUT2D eigenvalue weighted by Crippen LogP contribution is -2.41. The van der Waals surface area contributed by atoms with E-state index in [2.05, 4.69) is 5.32 Å². The van der Waals surface area contributed by atoms with Gasteiger partial charge in [-0.2, -0.15) is 0 Å². The number of nitrogens with zero attached hydrogens (tertiary/aromatic N) is 1. The van der Waals surface area contributed by atoms with Crippen molar-refractivity contribution in [3.8, 4) is 5.75 Å². The molecule has 156 valence electrons. The average Bonchev–Trinajstić information content (AvgIpc) is 2.69. The van der Waals surface area contributed by atoms with E-state index in [1.54, 1.807) is 19.3 Å². The summed E-state index contributed by atoms with van der Waals surface area (Å²) < 4.78 is 15.5. The normalized spacial score (nSPS) is 12.7. The first-order chi connectivity index (χ1) is 13.3. The minimum Gasteiger partial charge on any atom is -0.496 e. The van der Waals surface area contributed by atoms with Gasteiger partial charge in [0.25, 0.3) is 11.6 Å². The predicted molar refractivity (Wildman–Crippen MR) is 97.1 cm³/mol. The van der Waals surface area contributed by atoms with E-state index in [0.29, 0.717) is 6.61 Å². The van der Waals surface area contributed by atoms with Crippen LogP contribution in [0.15, 0.2) is 18.2 Å². The molecule has 0 aliphatic heterocycles. The van der Waals surface area contributed by atoms with E-state index in [9.17, 15) is 19.7 Å². The summed E-state index contributed by atoms with van der Waals surface area (Å²) >= 11 is 0. The van der Waals surface area contributed by atoms with Crippen LogP contribution in [0.3, 0.4) is 0 Å². The summed E-state index contributed by atoms with van der Waals surface area (Å²) in [4.78, 5) is 34.5. The van der Waals surface area contributed by atoms with Crippen LogP contribution in [0.1, 0.15) is 30.6 Å². The highest BCUT2D eigenvalue weighted by molar-refractivity contribution is 5.97. The Kier molecular flexibility index (Phi) is 9.85. The number of carbonyl (C=O) groups is 2. The molecule has 2 atom stereocenters. The van der Waals surface area contributed by atoms with Crippen LogP contribution in [-0.2, 0) is 14.3 Å². The van der Waals surface area contributed by atoms with Crippen LogP contribution in [0.25, 0.3) is 0 Å². The Bertz CT molecular complexity index is 682. The largest absolute Gasteiger partial charge is 0.496 e. The fraction of sp³-hybridized carbons (Fsp3) is 0.529. The maximum absolute atomic E-state index is 12.6. The van der Waals surface area contributed by atoms with Crippen molar-refractivity contribution in [2.24, 2.45) is 5.92 Å². The third-order valence-electron chi connectivity index (χ3n) is 3.86. The van der Waals surface area contributed by atoms with Gasteiger partial charge >= 0.3 is 0 Å². The van der Waals surface area contributed by atoms with Crippen LogP contribution in [0, 0.1) is 16.0 Å². The molecule has 0 saturated heterocycles. The number of non-ortho nitro benzene ring substituents is 1. The lowest BCUT2D eigenvalue weighted by Gasteiger charge is -2.22. The van der Waals surface area contributed by atoms with Crippen LogP contribution >= 0.6 is 0 Å². The standard InChI is InChI=1S/C17H25N3O8/c1-4-27-10-28-9-12(7-11(2)16(21)19-23)18-17(22)14-6-5-13(20(24)25)8-15(14)26-3/h5-6,8,11-12,23H,4,7,9-10H2,1-3H3,(H,18,22)(H,19,21)/t11-,12-/m0/s1. The molecule has 0 aliphatic carbocycles. The van der Waals surface area contributed by atoms with Crippen LogP contribution in [0.4, 0.5) is 5.69 Å². The molecular formula is C17H25N3O8. The number of hydrogen-bond donors (Lipinski definition) is 3. The molecule has 11 heteroatoms. The number of nitrogens with one attached hydrogen (secondary N) is 2. The third-order valence-corrected chi connectivity index (χ3v) is 3.86. The number of benzene rings is 1. The van der Waals surface area contributed by atoms with Crippen LogP contribution in [0.2, 0.25) is 0 Å². The van der Waals surface area contributed by atoms with Gasteiger partial charge in [0.2, 0.25) is 5.91 Å².